The van der Waals surface area contributed by atoms with Crippen LogP contribution in [0.5, 0.6) is 0 Å². The van der Waals surface area contributed by atoms with Gasteiger partial charge in [-0.25, -0.2) is 0 Å². The fraction of sp³-hybridized carbons (Fsp3) is 0.682. The molecule has 2 heterocycles. The second-order valence-corrected chi connectivity index (χ2v) is 8.36. The lowest BCUT2D eigenvalue weighted by atomic mass is 9.92. The van der Waals surface area contributed by atoms with Crippen LogP contribution in [0.4, 0.5) is 0 Å². The lowest BCUT2D eigenvalue weighted by molar-refractivity contribution is -0.133. The highest BCUT2D eigenvalue weighted by atomic mass is 16.2. The zero-order chi connectivity index (χ0) is 18.4. The van der Waals surface area contributed by atoms with E-state index in [0.29, 0.717) is 17.9 Å². The molecule has 1 aromatic carbocycles. The van der Waals surface area contributed by atoms with Crippen LogP contribution >= 0.6 is 0 Å². The molecule has 2 fully saturated rings. The van der Waals surface area contributed by atoms with Crippen molar-refractivity contribution in [3.8, 4) is 0 Å². The lowest BCUT2D eigenvalue weighted by Gasteiger charge is -2.33. The third-order valence-electron chi connectivity index (χ3n) is 6.15. The van der Waals surface area contributed by atoms with Gasteiger partial charge in [0.1, 0.15) is 0 Å². The Bertz CT molecular complexity index is 552. The van der Waals surface area contributed by atoms with Crippen molar-refractivity contribution in [2.75, 3.05) is 40.3 Å². The highest BCUT2D eigenvalue weighted by Gasteiger charge is 2.27. The summed E-state index contributed by atoms with van der Waals surface area (Å²) in [7, 11) is 4.28. The number of piperidine rings is 1. The first kappa shape index (κ1) is 19.4. The number of carbonyl (C=O) groups excluding carboxylic acids is 1. The van der Waals surface area contributed by atoms with Crippen molar-refractivity contribution in [3.63, 3.8) is 0 Å². The maximum absolute atomic E-state index is 12.9. The number of nitrogens with zero attached hydrogens (tertiary/aromatic N) is 3. The van der Waals surface area contributed by atoms with Crippen LogP contribution < -0.4 is 0 Å². The van der Waals surface area contributed by atoms with Crippen LogP contribution in [-0.4, -0.2) is 66.9 Å². The van der Waals surface area contributed by atoms with Crippen LogP contribution in [0.2, 0.25) is 0 Å². The molecule has 0 aromatic heterocycles. The zero-order valence-corrected chi connectivity index (χ0v) is 16.6. The summed E-state index contributed by atoms with van der Waals surface area (Å²) < 4.78 is 0. The van der Waals surface area contributed by atoms with Crippen molar-refractivity contribution in [1.82, 2.24) is 14.7 Å². The number of carbonyl (C=O) groups is 1. The van der Waals surface area contributed by atoms with Crippen molar-refractivity contribution in [3.05, 3.63) is 35.9 Å². The molecule has 2 aliphatic rings. The third kappa shape index (κ3) is 5.55. The van der Waals surface area contributed by atoms with Crippen LogP contribution in [0, 0.1) is 5.92 Å². The van der Waals surface area contributed by atoms with Crippen LogP contribution in [0.3, 0.4) is 0 Å². The van der Waals surface area contributed by atoms with Crippen LogP contribution in [0.15, 0.2) is 30.3 Å². The predicted octanol–water partition coefficient (Wildman–Crippen LogP) is 3.23. The summed E-state index contributed by atoms with van der Waals surface area (Å²) in [6.45, 7) is 5.15. The SMILES string of the molecule is CN(C)C1CCCCN(C(=O)CC2CCN(Cc3ccccc3)CC2)C1. The van der Waals surface area contributed by atoms with Gasteiger partial charge in [0.25, 0.3) is 0 Å². The molecular weight excluding hydrogens is 322 g/mol. The molecule has 0 bridgehead atoms. The van der Waals surface area contributed by atoms with Crippen LogP contribution in [0.1, 0.15) is 44.1 Å². The summed E-state index contributed by atoms with van der Waals surface area (Å²) in [6, 6.07) is 11.2. The summed E-state index contributed by atoms with van der Waals surface area (Å²) in [6.07, 6.45) is 6.68. The van der Waals surface area contributed by atoms with E-state index in [1.807, 2.05) is 0 Å². The fourth-order valence-corrected chi connectivity index (χ4v) is 4.33. The Hall–Kier alpha value is -1.39. The van der Waals surface area contributed by atoms with E-state index in [1.165, 1.54) is 18.4 Å². The van der Waals surface area contributed by atoms with Crippen molar-refractivity contribution >= 4 is 5.91 Å². The Morgan fingerprint density at radius 3 is 2.46 bits per heavy atom. The number of rotatable bonds is 5. The molecule has 0 radical (unpaired) electrons. The number of likely N-dealkylation sites (N-methyl/N-ethyl adjacent to an activating group) is 1. The van der Waals surface area contributed by atoms with E-state index in [9.17, 15) is 4.79 Å². The molecule has 0 aliphatic carbocycles. The number of hydrogen-bond donors (Lipinski definition) is 0. The molecule has 0 saturated carbocycles. The maximum Gasteiger partial charge on any atom is 0.222 e. The van der Waals surface area contributed by atoms with Crippen molar-refractivity contribution in [1.29, 1.82) is 0 Å². The van der Waals surface area contributed by atoms with Crippen molar-refractivity contribution < 1.29 is 4.79 Å². The molecule has 1 atom stereocenters. The lowest BCUT2D eigenvalue weighted by Crippen LogP contribution is -2.43. The van der Waals surface area contributed by atoms with E-state index in [2.05, 4.69) is 59.1 Å². The minimum Gasteiger partial charge on any atom is -0.341 e. The second-order valence-electron chi connectivity index (χ2n) is 8.36. The Labute approximate surface area is 159 Å². The highest BCUT2D eigenvalue weighted by molar-refractivity contribution is 5.76. The Morgan fingerprint density at radius 1 is 1.04 bits per heavy atom. The summed E-state index contributed by atoms with van der Waals surface area (Å²) in [5.74, 6) is 0.954. The van der Waals surface area contributed by atoms with Gasteiger partial charge in [-0.3, -0.25) is 9.69 Å². The van der Waals surface area contributed by atoms with Crippen LogP contribution in [-0.2, 0) is 11.3 Å². The molecular formula is C22H35N3O. The van der Waals surface area contributed by atoms with E-state index >= 15 is 0 Å². The molecule has 1 amide bonds. The maximum atomic E-state index is 12.9. The highest BCUT2D eigenvalue weighted by Crippen LogP contribution is 2.24. The molecule has 4 heteroatoms. The molecule has 4 nitrogen and oxygen atoms in total. The van der Waals surface area contributed by atoms with Gasteiger partial charge in [-0.15, -0.1) is 0 Å². The Balaban J connectivity index is 1.44. The number of benzene rings is 1. The van der Waals surface area contributed by atoms with Crippen LogP contribution in [0.25, 0.3) is 0 Å². The first-order valence-corrected chi connectivity index (χ1v) is 10.3. The molecule has 0 N–H and O–H groups in total. The summed E-state index contributed by atoms with van der Waals surface area (Å²) >= 11 is 0. The average Bonchev–Trinajstić information content (AvgIpc) is 2.91. The van der Waals surface area contributed by atoms with Gasteiger partial charge in [-0.2, -0.15) is 0 Å². The van der Waals surface area contributed by atoms with Gasteiger partial charge in [0, 0.05) is 32.1 Å². The summed E-state index contributed by atoms with van der Waals surface area (Å²) in [5, 5.41) is 0. The predicted molar refractivity (Wildman–Crippen MR) is 107 cm³/mol. The molecule has 2 aliphatic heterocycles. The minimum atomic E-state index is 0.389. The van der Waals surface area contributed by atoms with Gasteiger partial charge in [-0.05, 0) is 64.3 Å². The number of hydrogen-bond acceptors (Lipinski definition) is 3. The van der Waals surface area contributed by atoms with E-state index < -0.39 is 0 Å². The van der Waals surface area contributed by atoms with Gasteiger partial charge in [-0.1, -0.05) is 36.8 Å². The smallest absolute Gasteiger partial charge is 0.222 e. The zero-order valence-electron chi connectivity index (χ0n) is 16.6. The van der Waals surface area contributed by atoms with Gasteiger partial charge in [0.2, 0.25) is 5.91 Å². The monoisotopic (exact) mass is 357 g/mol. The second kappa shape index (κ2) is 9.52. The molecule has 26 heavy (non-hydrogen) atoms. The molecule has 2 saturated heterocycles. The molecule has 0 spiro atoms. The fourth-order valence-electron chi connectivity index (χ4n) is 4.33. The molecule has 144 valence electrons. The number of likely N-dealkylation sites (tertiary alicyclic amines) is 2. The first-order valence-electron chi connectivity index (χ1n) is 10.3. The Kier molecular flexibility index (Phi) is 7.09. The largest absolute Gasteiger partial charge is 0.341 e. The average molecular weight is 358 g/mol. The minimum absolute atomic E-state index is 0.389. The molecule has 1 unspecified atom stereocenters. The molecule has 1 aromatic rings. The number of amides is 1. The Morgan fingerprint density at radius 2 is 1.77 bits per heavy atom. The standard InChI is InChI=1S/C22H35N3O/c1-23(2)21-10-6-7-13-25(18-21)22(26)16-19-11-14-24(15-12-19)17-20-8-4-3-5-9-20/h3-5,8-9,19,21H,6-7,10-18H2,1-2H3. The molecule has 3 rings (SSSR count). The van der Waals surface area contributed by atoms with Crippen molar-refractivity contribution in [2.24, 2.45) is 5.92 Å². The quantitative estimate of drug-likeness (QED) is 0.809. The normalized spacial score (nSPS) is 23.2. The van der Waals surface area contributed by atoms with E-state index in [0.717, 1.165) is 58.4 Å². The van der Waals surface area contributed by atoms with E-state index in [1.54, 1.807) is 0 Å². The van der Waals surface area contributed by atoms with Crippen molar-refractivity contribution in [2.45, 2.75) is 51.1 Å². The van der Waals surface area contributed by atoms with E-state index in [4.69, 9.17) is 0 Å². The van der Waals surface area contributed by atoms with Gasteiger partial charge in [0.15, 0.2) is 0 Å². The summed E-state index contributed by atoms with van der Waals surface area (Å²) in [5.41, 5.74) is 1.39. The van der Waals surface area contributed by atoms with Gasteiger partial charge >= 0.3 is 0 Å². The van der Waals surface area contributed by atoms with Gasteiger partial charge in [0.05, 0.1) is 0 Å². The topological polar surface area (TPSA) is 26.8 Å². The summed E-state index contributed by atoms with van der Waals surface area (Å²) in [4.78, 5) is 19.8. The van der Waals surface area contributed by atoms with Gasteiger partial charge < -0.3 is 9.80 Å². The van der Waals surface area contributed by atoms with E-state index in [-0.39, 0.29) is 0 Å². The first-order chi connectivity index (χ1) is 12.6. The third-order valence-corrected chi connectivity index (χ3v) is 6.15.